The number of hydrogen-bond acceptors (Lipinski definition) is 4. The number of carbonyl (C=O) groups excluding carboxylic acids is 1. The van der Waals surface area contributed by atoms with Crippen LogP contribution in [-0.4, -0.2) is 37.7 Å². The van der Waals surface area contributed by atoms with Gasteiger partial charge in [0.25, 0.3) is 0 Å². The van der Waals surface area contributed by atoms with Gasteiger partial charge in [-0.3, -0.25) is 0 Å². The predicted molar refractivity (Wildman–Crippen MR) is 98.5 cm³/mol. The van der Waals surface area contributed by atoms with E-state index in [-0.39, 0.29) is 17.3 Å². The number of nitrogens with zero attached hydrogens (tertiary/aromatic N) is 2. The van der Waals surface area contributed by atoms with Crippen LogP contribution in [0.15, 0.2) is 18.2 Å². The molecule has 0 bridgehead atoms. The van der Waals surface area contributed by atoms with Crippen molar-refractivity contribution in [2.45, 2.75) is 39.4 Å². The predicted octanol–water partition coefficient (Wildman–Crippen LogP) is 1.79. The molecule has 1 aromatic heterocycles. The molecule has 0 saturated carbocycles. The zero-order valence-corrected chi connectivity index (χ0v) is 18.7. The number of ether oxygens (including phenoxy) is 1. The molecule has 156 valence electrons. The average Bonchev–Trinajstić information content (AvgIpc) is 2.97. The second-order valence-electron chi connectivity index (χ2n) is 5.89. The van der Waals surface area contributed by atoms with Gasteiger partial charge in [0.05, 0.1) is 0 Å². The Balaban J connectivity index is 2.49. The molecular formula is C18H21ClF3IN3O2-. The molecule has 0 fully saturated rings. The van der Waals surface area contributed by atoms with Gasteiger partial charge in [0.2, 0.25) is 0 Å². The summed E-state index contributed by atoms with van der Waals surface area (Å²) in [5, 5.41) is 6.96. The summed E-state index contributed by atoms with van der Waals surface area (Å²) in [4.78, 5) is 14.1. The van der Waals surface area contributed by atoms with Crippen LogP contribution in [0.1, 0.15) is 36.8 Å². The second kappa shape index (κ2) is 9.34. The summed E-state index contributed by atoms with van der Waals surface area (Å²) in [7, 11) is 0. The van der Waals surface area contributed by atoms with Crippen molar-refractivity contribution in [3.05, 3.63) is 34.5 Å². The first-order valence-electron chi connectivity index (χ1n) is 8.56. The van der Waals surface area contributed by atoms with Gasteiger partial charge in [0, 0.05) is 0 Å². The Hall–Kier alpha value is -1.49. The van der Waals surface area contributed by atoms with Gasteiger partial charge in [-0.05, 0) is 0 Å². The maximum absolute atomic E-state index is 12.8. The number of esters is 1. The number of rotatable bonds is 7. The molecule has 1 heterocycles. The molecule has 0 unspecified atom stereocenters. The van der Waals surface area contributed by atoms with Gasteiger partial charge < -0.3 is 0 Å². The Morgan fingerprint density at radius 3 is 2.61 bits per heavy atom. The molecule has 0 amide bonds. The molecule has 1 N–H and O–H groups in total. The van der Waals surface area contributed by atoms with Crippen LogP contribution in [0, 0.1) is 0 Å². The number of halogens is 5. The molecule has 28 heavy (non-hydrogen) atoms. The number of hydrogen-bond donors (Lipinski definition) is 1. The van der Waals surface area contributed by atoms with Crippen LogP contribution in [0.25, 0.3) is 11.3 Å². The van der Waals surface area contributed by atoms with E-state index in [4.69, 9.17) is 16.3 Å². The van der Waals surface area contributed by atoms with Crippen molar-refractivity contribution in [2.75, 3.05) is 16.9 Å². The van der Waals surface area contributed by atoms with Crippen LogP contribution >= 0.6 is 11.6 Å². The number of benzene rings is 1. The van der Waals surface area contributed by atoms with Gasteiger partial charge >= 0.3 is 177 Å². The Labute approximate surface area is 177 Å². The molecule has 0 aliphatic rings. The van der Waals surface area contributed by atoms with Crippen LogP contribution in [-0.2, 0) is 11.2 Å². The molecule has 5 nitrogen and oxygen atoms in total. The van der Waals surface area contributed by atoms with Gasteiger partial charge in [0.1, 0.15) is 0 Å². The van der Waals surface area contributed by atoms with Crippen LogP contribution in [0.3, 0.4) is 0 Å². The molecule has 2 aromatic rings. The maximum atomic E-state index is 12.8. The fourth-order valence-electron chi connectivity index (χ4n) is 2.58. The Morgan fingerprint density at radius 2 is 2.07 bits per heavy atom. The second-order valence-corrected chi connectivity index (χ2v) is 8.15. The van der Waals surface area contributed by atoms with E-state index in [1.165, 1.54) is 0 Å². The summed E-state index contributed by atoms with van der Waals surface area (Å²) in [6.45, 7) is 4.87. The summed E-state index contributed by atoms with van der Waals surface area (Å²) < 4.78 is 45.2. The van der Waals surface area contributed by atoms with E-state index in [1.807, 2.05) is 11.9 Å². The molecule has 0 radical (unpaired) electrons. The molecule has 10 heteroatoms. The van der Waals surface area contributed by atoms with E-state index in [0.29, 0.717) is 17.8 Å². The van der Waals surface area contributed by atoms with Crippen molar-refractivity contribution in [2.24, 2.45) is 0 Å². The number of aromatic nitrogens is 2. The van der Waals surface area contributed by atoms with Crippen molar-refractivity contribution in [1.82, 2.24) is 7.99 Å². The Kier molecular flexibility index (Phi) is 7.60. The summed E-state index contributed by atoms with van der Waals surface area (Å²) in [5.74, 6) is -0.597. The number of carbonyl (C=O) groups is 1. The quantitative estimate of drug-likeness (QED) is 0.337. The van der Waals surface area contributed by atoms with Crippen LogP contribution in [0.4, 0.5) is 18.9 Å². The third-order valence-electron chi connectivity index (χ3n) is 4.03. The Bertz CT molecular complexity index is 855. The van der Waals surface area contributed by atoms with Crippen LogP contribution in [0.5, 0.6) is 0 Å². The minimum atomic E-state index is -4.34. The third kappa shape index (κ3) is 4.91. The summed E-state index contributed by atoms with van der Waals surface area (Å²) in [6.07, 6.45) is -3.77. The van der Waals surface area contributed by atoms with Gasteiger partial charge in [-0.15, -0.1) is 0 Å². The molecule has 1 atom stereocenters. The van der Waals surface area contributed by atoms with Crippen LogP contribution < -0.4 is 26.8 Å². The van der Waals surface area contributed by atoms with E-state index in [0.717, 1.165) is 18.1 Å². The molecule has 0 saturated heterocycles. The van der Waals surface area contributed by atoms with E-state index in [1.54, 1.807) is 28.0 Å². The Morgan fingerprint density at radius 1 is 1.39 bits per heavy atom. The van der Waals surface area contributed by atoms with E-state index >= 15 is 0 Å². The van der Waals surface area contributed by atoms with E-state index in [9.17, 15) is 18.0 Å². The first kappa shape index (κ1) is 22.8. The van der Waals surface area contributed by atoms with Crippen molar-refractivity contribution in [3.8, 4) is 11.3 Å². The van der Waals surface area contributed by atoms with E-state index < -0.39 is 39.7 Å². The normalized spacial score (nSPS) is 12.9. The monoisotopic (exact) mass is 530 g/mol. The topological polar surface area (TPSA) is 56.1 Å². The number of anilines is 1. The summed E-state index contributed by atoms with van der Waals surface area (Å²) in [5.41, 5.74) is 2.55. The van der Waals surface area contributed by atoms with E-state index in [2.05, 4.69) is 10.4 Å². The van der Waals surface area contributed by atoms with Gasteiger partial charge in [-0.2, -0.15) is 0 Å². The van der Waals surface area contributed by atoms with Crippen molar-refractivity contribution in [3.63, 3.8) is 0 Å². The zero-order chi connectivity index (χ0) is 21.1. The number of aryl methyl sites for hydroxylation is 1. The zero-order valence-electron chi connectivity index (χ0n) is 15.8. The first-order chi connectivity index (χ1) is 13.1. The summed E-state index contributed by atoms with van der Waals surface area (Å²) >= 11 is 5.88. The minimum absolute atomic E-state index is 0.0509. The van der Waals surface area contributed by atoms with Crippen LogP contribution in [0.2, 0.25) is 5.02 Å². The third-order valence-corrected chi connectivity index (χ3v) is 6.00. The fourth-order valence-corrected chi connectivity index (χ4v) is 4.44. The molecule has 1 aromatic carbocycles. The summed E-state index contributed by atoms with van der Waals surface area (Å²) in [6, 6.07) is 3.28. The fraction of sp³-hybridized carbons (Fsp3) is 0.444. The molecular weight excluding hydrogens is 510 g/mol. The van der Waals surface area contributed by atoms with Crippen molar-refractivity contribution < 1.29 is 44.2 Å². The standard InChI is InChI=1S/C18H21ClF3IN3O2/c1-5-11-9-12(24-10(3)18(20,21)22)7-8-13(11)16-14(19)15(17(27)28-6-2)25-26(16)23-4/h7-10,24H,5-6H2,1-4H3/q-1/t10-/m1/s1. The van der Waals surface area contributed by atoms with Gasteiger partial charge in [0.15, 0.2) is 0 Å². The molecule has 0 aliphatic carbocycles. The van der Waals surface area contributed by atoms with Gasteiger partial charge in [-0.1, -0.05) is 0 Å². The SMILES string of the molecule is CCOC(=O)c1nn([I-]C)c(-c2ccc(N[C@H](C)C(F)(F)F)cc2CC)c1Cl. The average molecular weight is 531 g/mol. The van der Waals surface area contributed by atoms with Gasteiger partial charge in [-0.25, -0.2) is 0 Å². The van der Waals surface area contributed by atoms with Crippen molar-refractivity contribution in [1.29, 1.82) is 0 Å². The van der Waals surface area contributed by atoms with Crippen molar-refractivity contribution >= 4 is 23.3 Å². The first-order valence-corrected chi connectivity index (χ1v) is 12.1. The number of nitrogens with one attached hydrogen (secondary N) is 1. The molecule has 2 rings (SSSR count). The number of alkyl halides is 4. The molecule has 0 spiro atoms. The molecule has 0 aliphatic heterocycles.